The highest BCUT2D eigenvalue weighted by Crippen LogP contribution is 2.42. The van der Waals surface area contributed by atoms with Gasteiger partial charge in [0.2, 0.25) is 5.91 Å². The molecule has 6 heteroatoms. The van der Waals surface area contributed by atoms with Crippen molar-refractivity contribution in [3.8, 4) is 0 Å². The first-order chi connectivity index (χ1) is 9.17. The predicted molar refractivity (Wildman–Crippen MR) is 68.7 cm³/mol. The summed E-state index contributed by atoms with van der Waals surface area (Å²) in [4.78, 5) is 14.9. The van der Waals surface area contributed by atoms with Gasteiger partial charge < -0.3 is 20.6 Å². The van der Waals surface area contributed by atoms with Crippen molar-refractivity contribution in [1.29, 1.82) is 0 Å². The van der Waals surface area contributed by atoms with Crippen LogP contribution in [0.25, 0.3) is 0 Å². The number of carbonyl (C=O) groups is 1. The van der Waals surface area contributed by atoms with E-state index in [1.54, 1.807) is 0 Å². The van der Waals surface area contributed by atoms with Gasteiger partial charge in [-0.1, -0.05) is 5.16 Å². The molecule has 1 aliphatic carbocycles. The number of nitrogens with two attached hydrogens (primary N) is 1. The molecule has 2 heterocycles. The van der Waals surface area contributed by atoms with E-state index in [0.717, 1.165) is 19.4 Å². The van der Waals surface area contributed by atoms with Gasteiger partial charge in [-0.2, -0.15) is 0 Å². The number of likely N-dealkylation sites (tertiary alicyclic amines) is 1. The van der Waals surface area contributed by atoms with Crippen LogP contribution in [0.4, 0.5) is 0 Å². The third kappa shape index (κ3) is 1.89. The maximum Gasteiger partial charge on any atom is 0.236 e. The van der Waals surface area contributed by atoms with E-state index >= 15 is 0 Å². The number of amidine groups is 1. The lowest BCUT2D eigenvalue weighted by Gasteiger charge is -2.40. The monoisotopic (exact) mass is 267 g/mol. The number of hydrogen-bond donors (Lipinski definition) is 2. The summed E-state index contributed by atoms with van der Waals surface area (Å²) in [6, 6.07) is 0.365. The third-order valence-corrected chi connectivity index (χ3v) is 5.02. The average Bonchev–Trinajstić information content (AvgIpc) is 3.09. The van der Waals surface area contributed by atoms with Gasteiger partial charge in [0.15, 0.2) is 5.84 Å². The zero-order valence-electron chi connectivity index (χ0n) is 11.0. The molecule has 2 atom stereocenters. The lowest BCUT2D eigenvalue weighted by atomic mass is 9.77. The molecule has 2 bridgehead atoms. The molecule has 0 spiro atoms. The second kappa shape index (κ2) is 4.67. The number of piperidine rings is 1. The quantitative estimate of drug-likeness (QED) is 0.331. The van der Waals surface area contributed by atoms with Gasteiger partial charge in [0.1, 0.15) is 5.41 Å². The minimum Gasteiger partial charge on any atom is -0.409 e. The predicted octanol–water partition coefficient (Wildman–Crippen LogP) is 0.540. The first-order valence-corrected chi connectivity index (χ1v) is 7.04. The van der Waals surface area contributed by atoms with Gasteiger partial charge in [0, 0.05) is 25.8 Å². The van der Waals surface area contributed by atoms with Crippen LogP contribution in [0.2, 0.25) is 0 Å². The minimum absolute atomic E-state index is 0.0401. The minimum atomic E-state index is -0.850. The standard InChI is InChI=1S/C13H21N3O3/c14-11(15-18)13(3-5-19-6-4-13)12(17)16-8-9-1-2-10(16)7-9/h9-10,18H,1-8H2,(H2,14,15). The van der Waals surface area contributed by atoms with Crippen molar-refractivity contribution in [2.75, 3.05) is 19.8 Å². The molecule has 3 aliphatic rings. The van der Waals surface area contributed by atoms with Crippen molar-refractivity contribution in [3.63, 3.8) is 0 Å². The zero-order chi connectivity index (χ0) is 13.5. The van der Waals surface area contributed by atoms with E-state index in [-0.39, 0.29) is 11.7 Å². The second-order valence-electron chi connectivity index (χ2n) is 5.97. The van der Waals surface area contributed by atoms with E-state index in [2.05, 4.69) is 5.16 Å². The van der Waals surface area contributed by atoms with E-state index in [1.165, 1.54) is 6.42 Å². The van der Waals surface area contributed by atoms with Crippen LogP contribution in [0.1, 0.15) is 32.1 Å². The highest BCUT2D eigenvalue weighted by Gasteiger charge is 2.51. The number of carbonyl (C=O) groups excluding carboxylic acids is 1. The number of ether oxygens (including phenoxy) is 1. The van der Waals surface area contributed by atoms with E-state index in [0.29, 0.717) is 38.0 Å². The molecule has 0 aromatic carbocycles. The maximum atomic E-state index is 12.9. The maximum absolute atomic E-state index is 12.9. The van der Waals surface area contributed by atoms with Gasteiger partial charge in [0.25, 0.3) is 0 Å². The Bertz CT molecular complexity index is 404. The Hall–Kier alpha value is -1.30. The van der Waals surface area contributed by atoms with Gasteiger partial charge >= 0.3 is 0 Å². The lowest BCUT2D eigenvalue weighted by molar-refractivity contribution is -0.144. The molecular weight excluding hydrogens is 246 g/mol. The average molecular weight is 267 g/mol. The normalized spacial score (nSPS) is 33.7. The molecule has 0 radical (unpaired) electrons. The molecule has 3 fully saturated rings. The van der Waals surface area contributed by atoms with Crippen molar-refractivity contribution < 1.29 is 14.7 Å². The Balaban J connectivity index is 1.85. The van der Waals surface area contributed by atoms with Crippen LogP contribution in [-0.2, 0) is 9.53 Å². The number of rotatable bonds is 2. The molecule has 2 saturated heterocycles. The van der Waals surface area contributed by atoms with Crippen molar-refractivity contribution in [1.82, 2.24) is 4.90 Å². The molecule has 106 valence electrons. The van der Waals surface area contributed by atoms with Crippen LogP contribution in [0.5, 0.6) is 0 Å². The summed E-state index contributed by atoms with van der Waals surface area (Å²) in [6.07, 6.45) is 4.47. The van der Waals surface area contributed by atoms with Gasteiger partial charge in [-0.05, 0) is 38.0 Å². The number of nitrogens with zero attached hydrogens (tertiary/aromatic N) is 2. The molecule has 3 rings (SSSR count). The molecular formula is C13H21N3O3. The fourth-order valence-corrected chi connectivity index (χ4v) is 3.84. The summed E-state index contributed by atoms with van der Waals surface area (Å²) in [6.45, 7) is 1.82. The number of fused-ring (bicyclic) bond motifs is 2. The fraction of sp³-hybridized carbons (Fsp3) is 0.846. The Labute approximate surface area is 112 Å². The molecule has 0 aromatic rings. The molecule has 0 aromatic heterocycles. The van der Waals surface area contributed by atoms with Crippen molar-refractivity contribution in [2.45, 2.75) is 38.1 Å². The van der Waals surface area contributed by atoms with E-state index in [1.807, 2.05) is 4.90 Å². The summed E-state index contributed by atoms with van der Waals surface area (Å²) < 4.78 is 5.33. The van der Waals surface area contributed by atoms with Crippen LogP contribution in [0, 0.1) is 11.3 Å². The molecule has 3 N–H and O–H groups in total. The second-order valence-corrected chi connectivity index (χ2v) is 5.97. The highest BCUT2D eigenvalue weighted by molar-refractivity contribution is 6.07. The number of hydrogen-bond acceptors (Lipinski definition) is 4. The van der Waals surface area contributed by atoms with E-state index in [4.69, 9.17) is 15.7 Å². The smallest absolute Gasteiger partial charge is 0.236 e. The fourth-order valence-electron chi connectivity index (χ4n) is 3.84. The van der Waals surface area contributed by atoms with Crippen molar-refractivity contribution >= 4 is 11.7 Å². The Kier molecular flexibility index (Phi) is 3.12. The van der Waals surface area contributed by atoms with E-state index in [9.17, 15) is 4.79 Å². The first kappa shape index (κ1) is 12.7. The summed E-state index contributed by atoms with van der Waals surface area (Å²) >= 11 is 0. The summed E-state index contributed by atoms with van der Waals surface area (Å²) in [5.74, 6) is 0.736. The zero-order valence-corrected chi connectivity index (χ0v) is 11.0. The van der Waals surface area contributed by atoms with Crippen LogP contribution >= 0.6 is 0 Å². The van der Waals surface area contributed by atoms with Crippen LogP contribution in [0.15, 0.2) is 5.16 Å². The van der Waals surface area contributed by atoms with Gasteiger partial charge in [-0.15, -0.1) is 0 Å². The highest BCUT2D eigenvalue weighted by atomic mass is 16.5. The molecule has 1 amide bonds. The van der Waals surface area contributed by atoms with Crippen molar-refractivity contribution in [2.24, 2.45) is 22.2 Å². The molecule has 2 unspecified atom stereocenters. The van der Waals surface area contributed by atoms with Gasteiger partial charge in [0.05, 0.1) is 0 Å². The molecule has 2 aliphatic heterocycles. The molecule has 1 saturated carbocycles. The number of oxime groups is 1. The van der Waals surface area contributed by atoms with Crippen molar-refractivity contribution in [3.05, 3.63) is 0 Å². The molecule has 19 heavy (non-hydrogen) atoms. The largest absolute Gasteiger partial charge is 0.409 e. The number of amides is 1. The Morgan fingerprint density at radius 1 is 1.37 bits per heavy atom. The molecule has 6 nitrogen and oxygen atoms in total. The van der Waals surface area contributed by atoms with Crippen LogP contribution in [-0.4, -0.2) is 47.7 Å². The summed E-state index contributed by atoms with van der Waals surface area (Å²) in [5.41, 5.74) is 5.00. The van der Waals surface area contributed by atoms with Crippen LogP contribution < -0.4 is 5.73 Å². The Morgan fingerprint density at radius 2 is 2.11 bits per heavy atom. The SMILES string of the molecule is NC(=NO)C1(C(=O)N2CC3CCC2C3)CCOCC1. The Morgan fingerprint density at radius 3 is 2.63 bits per heavy atom. The first-order valence-electron chi connectivity index (χ1n) is 7.04. The lowest BCUT2D eigenvalue weighted by Crippen LogP contribution is -2.55. The van der Waals surface area contributed by atoms with Crippen LogP contribution in [0.3, 0.4) is 0 Å². The van der Waals surface area contributed by atoms with Gasteiger partial charge in [-0.3, -0.25) is 4.79 Å². The summed E-state index contributed by atoms with van der Waals surface area (Å²) in [5, 5.41) is 12.2. The topological polar surface area (TPSA) is 88.2 Å². The van der Waals surface area contributed by atoms with E-state index < -0.39 is 5.41 Å². The third-order valence-electron chi connectivity index (χ3n) is 5.02. The summed E-state index contributed by atoms with van der Waals surface area (Å²) in [7, 11) is 0. The van der Waals surface area contributed by atoms with Gasteiger partial charge in [-0.25, -0.2) is 0 Å².